The average Bonchev–Trinajstić information content (AvgIpc) is 2.78. The fourth-order valence-electron chi connectivity index (χ4n) is 4.22. The van der Waals surface area contributed by atoms with Crippen LogP contribution in [0.15, 0.2) is 47.4 Å². The van der Waals surface area contributed by atoms with Crippen LogP contribution < -0.4 is 15.6 Å². The van der Waals surface area contributed by atoms with Crippen molar-refractivity contribution in [3.63, 3.8) is 0 Å². The Hall–Kier alpha value is -2.97. The highest BCUT2D eigenvalue weighted by Gasteiger charge is 2.19. The zero-order valence-corrected chi connectivity index (χ0v) is 18.7. The largest absolute Gasteiger partial charge is 0.491 e. The SMILES string of the molecule is CN(C)CC(O)COc1ccc(Nc2ncc3ccc(=O)n(C4CCCCC4)c3n2)cc1. The summed E-state index contributed by atoms with van der Waals surface area (Å²) in [5.41, 5.74) is 1.48. The summed E-state index contributed by atoms with van der Waals surface area (Å²) in [5.74, 6) is 1.13. The summed E-state index contributed by atoms with van der Waals surface area (Å²) in [6, 6.07) is 11.0. The summed E-state index contributed by atoms with van der Waals surface area (Å²) in [7, 11) is 3.82. The van der Waals surface area contributed by atoms with Crippen LogP contribution in [0.1, 0.15) is 38.1 Å². The maximum Gasteiger partial charge on any atom is 0.252 e. The Morgan fingerprint density at radius 3 is 2.62 bits per heavy atom. The number of fused-ring (bicyclic) bond motifs is 1. The van der Waals surface area contributed by atoms with Gasteiger partial charge in [0.1, 0.15) is 24.1 Å². The van der Waals surface area contributed by atoms with Gasteiger partial charge in [-0.3, -0.25) is 9.36 Å². The van der Waals surface area contributed by atoms with Gasteiger partial charge in [0.05, 0.1) is 0 Å². The number of nitrogens with zero attached hydrogens (tertiary/aromatic N) is 4. The summed E-state index contributed by atoms with van der Waals surface area (Å²) in [4.78, 5) is 23.7. The van der Waals surface area contributed by atoms with Gasteiger partial charge < -0.3 is 20.1 Å². The molecule has 2 heterocycles. The maximum absolute atomic E-state index is 12.7. The number of anilines is 2. The number of hydrogen-bond acceptors (Lipinski definition) is 7. The van der Waals surface area contributed by atoms with Gasteiger partial charge in [-0.1, -0.05) is 19.3 Å². The minimum Gasteiger partial charge on any atom is -0.491 e. The number of hydrogen-bond donors (Lipinski definition) is 2. The van der Waals surface area contributed by atoms with E-state index in [4.69, 9.17) is 4.74 Å². The van der Waals surface area contributed by atoms with Crippen LogP contribution >= 0.6 is 0 Å². The predicted molar refractivity (Wildman–Crippen MR) is 126 cm³/mol. The first-order valence-corrected chi connectivity index (χ1v) is 11.2. The third kappa shape index (κ3) is 5.44. The van der Waals surface area contributed by atoms with E-state index in [1.807, 2.05) is 47.8 Å². The molecular weight excluding hydrogens is 406 g/mol. The molecular formula is C24H31N5O3. The average molecular weight is 438 g/mol. The molecule has 0 saturated heterocycles. The lowest BCUT2D eigenvalue weighted by Crippen LogP contribution is -2.30. The van der Waals surface area contributed by atoms with E-state index in [0.717, 1.165) is 36.8 Å². The van der Waals surface area contributed by atoms with Gasteiger partial charge in [-0.25, -0.2) is 4.98 Å². The smallest absolute Gasteiger partial charge is 0.252 e. The van der Waals surface area contributed by atoms with Gasteiger partial charge in [-0.15, -0.1) is 0 Å². The number of pyridine rings is 1. The van der Waals surface area contributed by atoms with Crippen molar-refractivity contribution in [2.45, 2.75) is 44.2 Å². The van der Waals surface area contributed by atoms with Gasteiger partial charge in [0.2, 0.25) is 5.95 Å². The third-order valence-electron chi connectivity index (χ3n) is 5.74. The van der Waals surface area contributed by atoms with Crippen molar-refractivity contribution >= 4 is 22.7 Å². The van der Waals surface area contributed by atoms with E-state index in [1.165, 1.54) is 6.42 Å². The van der Waals surface area contributed by atoms with Crippen LogP contribution in [0.3, 0.4) is 0 Å². The Balaban J connectivity index is 1.49. The van der Waals surface area contributed by atoms with Crippen LogP contribution in [0.4, 0.5) is 11.6 Å². The van der Waals surface area contributed by atoms with Crippen LogP contribution in [0.5, 0.6) is 5.75 Å². The minimum absolute atomic E-state index is 0.00740. The van der Waals surface area contributed by atoms with Gasteiger partial charge in [0, 0.05) is 35.9 Å². The molecule has 1 saturated carbocycles. The molecule has 3 aromatic rings. The van der Waals surface area contributed by atoms with E-state index in [-0.39, 0.29) is 18.2 Å². The molecule has 0 radical (unpaired) electrons. The van der Waals surface area contributed by atoms with Crippen molar-refractivity contribution in [1.82, 2.24) is 19.4 Å². The summed E-state index contributed by atoms with van der Waals surface area (Å²) < 4.78 is 7.50. The van der Waals surface area contributed by atoms with Gasteiger partial charge in [0.25, 0.3) is 5.56 Å². The highest BCUT2D eigenvalue weighted by Crippen LogP contribution is 2.29. The van der Waals surface area contributed by atoms with Crippen molar-refractivity contribution in [3.05, 3.63) is 52.9 Å². The molecule has 1 aromatic carbocycles. The van der Waals surface area contributed by atoms with E-state index >= 15 is 0 Å². The second kappa shape index (κ2) is 10.1. The Morgan fingerprint density at radius 2 is 1.91 bits per heavy atom. The number of likely N-dealkylation sites (N-methyl/N-ethyl adjacent to an activating group) is 1. The quantitative estimate of drug-likeness (QED) is 0.558. The molecule has 0 aliphatic heterocycles. The zero-order chi connectivity index (χ0) is 22.5. The molecule has 170 valence electrons. The molecule has 2 aromatic heterocycles. The number of aliphatic hydroxyl groups excluding tert-OH is 1. The van der Waals surface area contributed by atoms with Gasteiger partial charge in [-0.05, 0) is 57.3 Å². The number of nitrogens with one attached hydrogen (secondary N) is 1. The number of aliphatic hydroxyl groups is 1. The number of benzene rings is 1. The van der Waals surface area contributed by atoms with E-state index in [1.54, 1.807) is 18.3 Å². The van der Waals surface area contributed by atoms with Crippen LogP contribution in [0.2, 0.25) is 0 Å². The molecule has 1 unspecified atom stereocenters. The third-order valence-corrected chi connectivity index (χ3v) is 5.74. The summed E-state index contributed by atoms with van der Waals surface area (Å²) in [5, 5.41) is 14.0. The molecule has 0 spiro atoms. The molecule has 1 atom stereocenters. The zero-order valence-electron chi connectivity index (χ0n) is 18.7. The molecule has 1 aliphatic rings. The highest BCUT2D eigenvalue weighted by molar-refractivity contribution is 5.75. The lowest BCUT2D eigenvalue weighted by Gasteiger charge is -2.24. The molecule has 1 aliphatic carbocycles. The molecule has 0 bridgehead atoms. The Kier molecular flexibility index (Phi) is 7.02. The number of rotatable bonds is 8. The van der Waals surface area contributed by atoms with Crippen molar-refractivity contribution < 1.29 is 9.84 Å². The lowest BCUT2D eigenvalue weighted by atomic mass is 9.95. The number of ether oxygens (including phenoxy) is 1. The van der Waals surface area contributed by atoms with Gasteiger partial charge in [-0.2, -0.15) is 4.98 Å². The van der Waals surface area contributed by atoms with Crippen molar-refractivity contribution in [3.8, 4) is 5.75 Å². The molecule has 8 nitrogen and oxygen atoms in total. The van der Waals surface area contributed by atoms with E-state index < -0.39 is 6.10 Å². The lowest BCUT2D eigenvalue weighted by molar-refractivity contribution is 0.0831. The van der Waals surface area contributed by atoms with Crippen LogP contribution in [-0.2, 0) is 0 Å². The van der Waals surface area contributed by atoms with Crippen molar-refractivity contribution in [2.75, 3.05) is 32.6 Å². The monoisotopic (exact) mass is 437 g/mol. The predicted octanol–water partition coefficient (Wildman–Crippen LogP) is 3.34. The molecule has 2 N–H and O–H groups in total. The first-order valence-electron chi connectivity index (χ1n) is 11.2. The Bertz CT molecular complexity index is 1090. The standard InChI is InChI=1S/C24H31N5O3/c1-28(2)15-20(30)16-32-21-11-9-18(10-12-21)26-24-25-14-17-8-13-22(31)29(23(17)27-24)19-6-4-3-5-7-19/h8-14,19-20,30H,3-7,15-16H2,1-2H3,(H,25,26,27). The second-order valence-electron chi connectivity index (χ2n) is 8.68. The molecule has 1 fully saturated rings. The minimum atomic E-state index is -0.546. The molecule has 32 heavy (non-hydrogen) atoms. The fourth-order valence-corrected chi connectivity index (χ4v) is 4.22. The molecule has 0 amide bonds. The second-order valence-corrected chi connectivity index (χ2v) is 8.68. The summed E-state index contributed by atoms with van der Waals surface area (Å²) >= 11 is 0. The van der Waals surface area contributed by atoms with Gasteiger partial charge in [0.15, 0.2) is 0 Å². The Labute approximate surface area is 187 Å². The maximum atomic E-state index is 12.7. The number of aromatic nitrogens is 3. The highest BCUT2D eigenvalue weighted by atomic mass is 16.5. The van der Waals surface area contributed by atoms with E-state index in [0.29, 0.717) is 23.9 Å². The molecule has 4 rings (SSSR count). The van der Waals surface area contributed by atoms with Crippen molar-refractivity contribution in [1.29, 1.82) is 0 Å². The van der Waals surface area contributed by atoms with Crippen LogP contribution in [0.25, 0.3) is 11.0 Å². The van der Waals surface area contributed by atoms with Gasteiger partial charge >= 0.3 is 0 Å². The van der Waals surface area contributed by atoms with E-state index in [2.05, 4.69) is 15.3 Å². The Morgan fingerprint density at radius 1 is 1.16 bits per heavy atom. The first kappa shape index (κ1) is 22.2. The normalized spacial score (nSPS) is 15.8. The molecule has 8 heteroatoms. The summed E-state index contributed by atoms with van der Waals surface area (Å²) in [6.07, 6.45) is 6.75. The first-order chi connectivity index (χ1) is 15.5. The summed E-state index contributed by atoms with van der Waals surface area (Å²) in [6.45, 7) is 0.780. The van der Waals surface area contributed by atoms with E-state index in [9.17, 15) is 9.90 Å². The van der Waals surface area contributed by atoms with Crippen LogP contribution in [0, 0.1) is 0 Å². The van der Waals surface area contributed by atoms with Crippen LogP contribution in [-0.4, -0.2) is 57.9 Å². The van der Waals surface area contributed by atoms with Crippen molar-refractivity contribution in [2.24, 2.45) is 0 Å². The topological polar surface area (TPSA) is 92.5 Å². The fraction of sp³-hybridized carbons (Fsp3) is 0.458.